The van der Waals surface area contributed by atoms with E-state index in [-0.39, 0.29) is 86.1 Å². The van der Waals surface area contributed by atoms with Crippen LogP contribution in [0.5, 0.6) is 5.75 Å². The van der Waals surface area contributed by atoms with Crippen LogP contribution in [0, 0.1) is 5.82 Å². The molecule has 2 aromatic rings. The maximum Gasteiger partial charge on any atom is 0.416 e. The highest BCUT2D eigenvalue weighted by Gasteiger charge is 2.39. The Kier molecular flexibility index (Phi) is 9.24. The summed E-state index contributed by atoms with van der Waals surface area (Å²) in [6.07, 6.45) is -2.32. The molecule has 0 aliphatic carbocycles. The summed E-state index contributed by atoms with van der Waals surface area (Å²) in [5.74, 6) is -0.462. The number of aromatic nitrogens is 1. The van der Waals surface area contributed by atoms with Gasteiger partial charge < -0.3 is 34.5 Å². The first-order chi connectivity index (χ1) is 21.7. The summed E-state index contributed by atoms with van der Waals surface area (Å²) in [4.78, 5) is 57.5. The van der Waals surface area contributed by atoms with Crippen LogP contribution in [-0.2, 0) is 25.2 Å². The molecule has 0 bridgehead atoms. The second kappa shape index (κ2) is 12.8. The van der Waals surface area contributed by atoms with Crippen molar-refractivity contribution in [1.82, 2.24) is 10.3 Å². The van der Waals surface area contributed by atoms with Crippen LogP contribution in [0.25, 0.3) is 0 Å². The Morgan fingerprint density at radius 1 is 1.22 bits per heavy atom. The Balaban J connectivity index is 1.25. The quantitative estimate of drug-likeness (QED) is 0.254. The number of cyclic esters (lactones) is 1. The fraction of sp³-hybridized carbons (Fsp3) is 0.500. The minimum atomic E-state index is -2.13. The van der Waals surface area contributed by atoms with Crippen molar-refractivity contribution in [3.63, 3.8) is 0 Å². The largest absolute Gasteiger partial charge is 0.480 e. The molecule has 248 valence electrons. The second-order valence-electron chi connectivity index (χ2n) is 12.8. The Morgan fingerprint density at radius 3 is 2.70 bits per heavy atom. The highest BCUT2D eigenvalue weighted by atomic mass is 28.4. The zero-order valence-corrected chi connectivity index (χ0v) is 27.5. The topological polar surface area (TPSA) is 163 Å². The van der Waals surface area contributed by atoms with Gasteiger partial charge in [-0.1, -0.05) is 20.8 Å². The molecular weight excluding hydrogens is 619 g/mol. The third-order valence-corrected chi connectivity index (χ3v) is 13.2. The zero-order chi connectivity index (χ0) is 33.4. The third kappa shape index (κ3) is 6.78. The van der Waals surface area contributed by atoms with E-state index in [2.05, 4.69) is 49.5 Å². The second-order valence-corrected chi connectivity index (χ2v) is 17.6. The van der Waals surface area contributed by atoms with Crippen molar-refractivity contribution in [2.45, 2.75) is 51.4 Å². The summed E-state index contributed by atoms with van der Waals surface area (Å²) >= 11 is 0. The van der Waals surface area contributed by atoms with E-state index in [0.717, 1.165) is 4.90 Å². The van der Waals surface area contributed by atoms with Crippen LogP contribution in [0.2, 0.25) is 18.1 Å². The number of rotatable bonds is 10. The van der Waals surface area contributed by atoms with Crippen molar-refractivity contribution < 1.29 is 42.6 Å². The van der Waals surface area contributed by atoms with Gasteiger partial charge in [-0.25, -0.2) is 19.0 Å². The highest BCUT2D eigenvalue weighted by molar-refractivity contribution is 6.74. The van der Waals surface area contributed by atoms with Gasteiger partial charge in [0.2, 0.25) is 5.91 Å². The molecule has 3 aliphatic heterocycles. The molecule has 4 heterocycles. The van der Waals surface area contributed by atoms with E-state index in [0.29, 0.717) is 11.6 Å². The molecule has 1 fully saturated rings. The van der Waals surface area contributed by atoms with Gasteiger partial charge in [0.1, 0.15) is 24.3 Å². The van der Waals surface area contributed by atoms with Crippen LogP contribution in [0.4, 0.5) is 37.0 Å². The van der Waals surface area contributed by atoms with E-state index in [1.54, 1.807) is 12.1 Å². The maximum absolute atomic E-state index is 15.4. The first-order valence-corrected chi connectivity index (χ1v) is 18.0. The van der Waals surface area contributed by atoms with Crippen molar-refractivity contribution in [2.75, 3.05) is 66.0 Å². The molecule has 4 amide bonds. The predicted octanol–water partition coefficient (Wildman–Crippen LogP) is 3.56. The van der Waals surface area contributed by atoms with Crippen LogP contribution < -0.4 is 30.1 Å². The number of pyridine rings is 1. The monoisotopic (exact) mass is 658 g/mol. The van der Waals surface area contributed by atoms with Gasteiger partial charge in [-0.05, 0) is 55.4 Å². The lowest BCUT2D eigenvalue weighted by Gasteiger charge is -2.39. The van der Waals surface area contributed by atoms with E-state index in [9.17, 15) is 24.3 Å². The average Bonchev–Trinajstić information content (AvgIpc) is 3.35. The fourth-order valence-corrected chi connectivity index (χ4v) is 6.23. The summed E-state index contributed by atoms with van der Waals surface area (Å²) in [6.45, 7) is 11.1. The first kappa shape index (κ1) is 33.1. The van der Waals surface area contributed by atoms with Crippen molar-refractivity contribution >= 4 is 55.3 Å². The molecule has 3 N–H and O–H groups in total. The van der Waals surface area contributed by atoms with Crippen LogP contribution >= 0.6 is 0 Å². The molecule has 1 atom stereocenters. The molecule has 1 aromatic carbocycles. The number of hydrogen-bond donors (Lipinski definition) is 3. The van der Waals surface area contributed by atoms with Crippen LogP contribution in [0.1, 0.15) is 26.3 Å². The minimum Gasteiger partial charge on any atom is -0.480 e. The number of hydrogen-bond acceptors (Lipinski definition) is 9. The molecule has 1 aromatic heterocycles. The lowest BCUT2D eigenvalue weighted by atomic mass is 10.0. The maximum atomic E-state index is 15.4. The van der Waals surface area contributed by atoms with Crippen molar-refractivity contribution in [1.29, 1.82) is 0 Å². The summed E-state index contributed by atoms with van der Waals surface area (Å²) in [6, 6.07) is 5.80. The standard InChI is InChI=1S/C30H39FN6O8Si/c1-30(2,3)46(4,5)44-13-12-35-25(39)16-36(28(40)41)21-7-6-20(31)19(26(21)35)10-11-32-14-18-15-37(29(42)45-18)23-9-8-22-27(33-23)34-24(38)17-43-22/h6-9,18,32H,10-17H2,1-5H3,(H,40,41)(H,33,34,38)/t18-/m0/s1. The van der Waals surface area contributed by atoms with E-state index >= 15 is 4.39 Å². The summed E-state index contributed by atoms with van der Waals surface area (Å²) in [5.41, 5.74) is 0.645. The van der Waals surface area contributed by atoms with E-state index in [1.807, 2.05) is 0 Å². The van der Waals surface area contributed by atoms with Gasteiger partial charge in [-0.2, -0.15) is 0 Å². The Bertz CT molecular complexity index is 1550. The van der Waals surface area contributed by atoms with Crippen molar-refractivity contribution in [3.8, 4) is 5.75 Å². The summed E-state index contributed by atoms with van der Waals surface area (Å²) < 4.78 is 32.4. The molecule has 16 heteroatoms. The Hall–Kier alpha value is -4.28. The zero-order valence-electron chi connectivity index (χ0n) is 26.5. The number of nitrogens with zero attached hydrogens (tertiary/aromatic N) is 4. The van der Waals surface area contributed by atoms with Gasteiger partial charge in [0.25, 0.3) is 5.91 Å². The smallest absolute Gasteiger partial charge is 0.416 e. The number of ether oxygens (including phenoxy) is 2. The van der Waals surface area contributed by atoms with Gasteiger partial charge in [-0.15, -0.1) is 0 Å². The molecule has 1 saturated heterocycles. The molecule has 0 spiro atoms. The fourth-order valence-electron chi connectivity index (χ4n) is 5.20. The van der Waals surface area contributed by atoms with Gasteiger partial charge in [0, 0.05) is 18.7 Å². The number of fused-ring (bicyclic) bond motifs is 2. The predicted molar refractivity (Wildman–Crippen MR) is 170 cm³/mol. The van der Waals surface area contributed by atoms with Crippen LogP contribution in [0.3, 0.4) is 0 Å². The molecule has 0 unspecified atom stereocenters. The number of anilines is 4. The van der Waals surface area contributed by atoms with Gasteiger partial charge in [0.15, 0.2) is 26.5 Å². The van der Waals surface area contributed by atoms with E-state index < -0.39 is 38.3 Å². The lowest BCUT2D eigenvalue weighted by Crippen LogP contribution is -2.50. The number of carbonyl (C=O) groups excluding carboxylic acids is 3. The van der Waals surface area contributed by atoms with Crippen molar-refractivity contribution in [3.05, 3.63) is 35.6 Å². The normalized spacial score (nSPS) is 18.2. The van der Waals surface area contributed by atoms with Gasteiger partial charge >= 0.3 is 12.2 Å². The first-order valence-electron chi connectivity index (χ1n) is 15.0. The van der Waals surface area contributed by atoms with Crippen LogP contribution in [0.15, 0.2) is 24.3 Å². The number of amides is 4. The average molecular weight is 659 g/mol. The van der Waals surface area contributed by atoms with Crippen LogP contribution in [-0.4, -0.2) is 94.5 Å². The van der Waals surface area contributed by atoms with E-state index in [4.69, 9.17) is 13.9 Å². The van der Waals surface area contributed by atoms with Gasteiger partial charge in [0.05, 0.1) is 24.5 Å². The number of benzene rings is 1. The summed E-state index contributed by atoms with van der Waals surface area (Å²) in [7, 11) is -2.13. The molecule has 14 nitrogen and oxygen atoms in total. The van der Waals surface area contributed by atoms with E-state index in [1.165, 1.54) is 21.9 Å². The molecule has 0 saturated carbocycles. The number of halogens is 1. The number of carboxylic acid groups (broad SMARTS) is 1. The molecular formula is C30H39FN6O8Si. The SMILES string of the molecule is CC(C)(C)[Si](C)(C)OCCN1C(=O)CN(C(=O)O)c2ccc(F)c(CCNC[C@H]3CN(c4ccc5c(n4)NC(=O)CO5)C(=O)O3)c21. The molecule has 5 rings (SSSR count). The third-order valence-electron chi connectivity index (χ3n) is 8.71. The molecule has 3 aliphatic rings. The Labute approximate surface area is 266 Å². The number of carbonyl (C=O) groups is 4. The Morgan fingerprint density at radius 2 is 1.98 bits per heavy atom. The van der Waals surface area contributed by atoms with Crippen molar-refractivity contribution in [2.24, 2.45) is 0 Å². The minimum absolute atomic E-state index is 0.0474. The molecule has 46 heavy (non-hydrogen) atoms. The lowest BCUT2D eigenvalue weighted by molar-refractivity contribution is -0.119. The van der Waals surface area contributed by atoms with Gasteiger partial charge in [-0.3, -0.25) is 19.4 Å². The number of nitrogens with one attached hydrogen (secondary N) is 2. The molecule has 0 radical (unpaired) electrons. The summed E-state index contributed by atoms with van der Waals surface area (Å²) in [5, 5.41) is 15.5. The highest BCUT2D eigenvalue weighted by Crippen LogP contribution is 2.40.